The van der Waals surface area contributed by atoms with Gasteiger partial charge in [0.2, 0.25) is 0 Å². The molecule has 2 amide bonds. The Hall–Kier alpha value is -2.56. The van der Waals surface area contributed by atoms with Crippen molar-refractivity contribution in [3.63, 3.8) is 0 Å². The van der Waals surface area contributed by atoms with Crippen LogP contribution in [-0.2, 0) is 0 Å². The molecular weight excluding hydrogens is 264 g/mol. The van der Waals surface area contributed by atoms with Crippen molar-refractivity contribution in [2.24, 2.45) is 0 Å². The lowest BCUT2D eigenvalue weighted by Gasteiger charge is -2.17. The summed E-state index contributed by atoms with van der Waals surface area (Å²) >= 11 is 0. The fraction of sp³-hybridized carbons (Fsp3) is 0.0667. The highest BCUT2D eigenvalue weighted by Crippen LogP contribution is 2.31. The average molecular weight is 273 g/mol. The minimum absolute atomic E-state index is 0.0649. The summed E-state index contributed by atoms with van der Waals surface area (Å²) in [6.45, 7) is 1.33. The molecule has 1 heterocycles. The molecule has 0 N–H and O–H groups in total. The molecule has 0 unspecified atom stereocenters. The first kappa shape index (κ1) is 12.5. The maximum absolute atomic E-state index is 13.6. The standard InChI is InChI=1S/C15H9F2NO2/c1-8-12(7-6-11(16)13(8)17)18-14(19)9-4-2-3-5-10(9)15(18)20/h2-7H,1H3. The number of nitrogens with zero attached hydrogens (tertiary/aromatic N) is 1. The Labute approximate surface area is 113 Å². The van der Waals surface area contributed by atoms with Crippen LogP contribution in [0, 0.1) is 18.6 Å². The maximum Gasteiger partial charge on any atom is 0.266 e. The van der Waals surface area contributed by atoms with Crippen molar-refractivity contribution in [1.82, 2.24) is 0 Å². The number of hydrogen-bond acceptors (Lipinski definition) is 2. The van der Waals surface area contributed by atoms with E-state index < -0.39 is 23.4 Å². The number of benzene rings is 2. The lowest BCUT2D eigenvalue weighted by atomic mass is 10.1. The summed E-state index contributed by atoms with van der Waals surface area (Å²) in [6, 6.07) is 8.49. The highest BCUT2D eigenvalue weighted by molar-refractivity contribution is 6.34. The normalized spacial score (nSPS) is 13.8. The van der Waals surface area contributed by atoms with Crippen LogP contribution in [0.3, 0.4) is 0 Å². The maximum atomic E-state index is 13.6. The Morgan fingerprint density at radius 2 is 1.45 bits per heavy atom. The Balaban J connectivity index is 2.17. The summed E-state index contributed by atoms with van der Waals surface area (Å²) in [6.07, 6.45) is 0. The van der Waals surface area contributed by atoms with Gasteiger partial charge in [-0.3, -0.25) is 9.59 Å². The summed E-state index contributed by atoms with van der Waals surface area (Å²) in [5.41, 5.74) is 0.526. The molecule has 2 aromatic rings. The number of amides is 2. The third-order valence-corrected chi connectivity index (χ3v) is 3.35. The van der Waals surface area contributed by atoms with Crippen LogP contribution in [0.1, 0.15) is 26.3 Å². The summed E-state index contributed by atoms with van der Waals surface area (Å²) < 4.78 is 26.7. The van der Waals surface area contributed by atoms with E-state index in [1.165, 1.54) is 25.1 Å². The number of anilines is 1. The summed E-state index contributed by atoms with van der Waals surface area (Å²) in [5, 5.41) is 0. The molecule has 0 aromatic heterocycles. The highest BCUT2D eigenvalue weighted by Gasteiger charge is 2.37. The number of imide groups is 1. The van der Waals surface area contributed by atoms with E-state index >= 15 is 0 Å². The zero-order chi connectivity index (χ0) is 14.4. The molecule has 5 heteroatoms. The van der Waals surface area contributed by atoms with Crippen LogP contribution < -0.4 is 4.90 Å². The van der Waals surface area contributed by atoms with E-state index in [0.717, 1.165) is 11.0 Å². The van der Waals surface area contributed by atoms with Gasteiger partial charge < -0.3 is 0 Å². The van der Waals surface area contributed by atoms with E-state index in [-0.39, 0.29) is 22.4 Å². The second-order valence-electron chi connectivity index (χ2n) is 4.50. The van der Waals surface area contributed by atoms with Gasteiger partial charge in [-0.2, -0.15) is 0 Å². The van der Waals surface area contributed by atoms with Crippen LogP contribution in [0.25, 0.3) is 0 Å². The molecule has 0 saturated carbocycles. The quantitative estimate of drug-likeness (QED) is 0.749. The molecule has 20 heavy (non-hydrogen) atoms. The van der Waals surface area contributed by atoms with E-state index in [1.54, 1.807) is 12.1 Å². The van der Waals surface area contributed by atoms with Gasteiger partial charge in [0, 0.05) is 5.56 Å². The number of fused-ring (bicyclic) bond motifs is 1. The molecule has 0 fully saturated rings. The van der Waals surface area contributed by atoms with E-state index in [2.05, 4.69) is 0 Å². The minimum Gasteiger partial charge on any atom is -0.268 e. The number of hydrogen-bond donors (Lipinski definition) is 0. The largest absolute Gasteiger partial charge is 0.268 e. The number of halogens is 2. The second kappa shape index (κ2) is 4.23. The van der Waals surface area contributed by atoms with E-state index in [0.29, 0.717) is 0 Å². The Kier molecular flexibility index (Phi) is 2.64. The second-order valence-corrected chi connectivity index (χ2v) is 4.50. The summed E-state index contributed by atoms with van der Waals surface area (Å²) in [5.74, 6) is -3.12. The zero-order valence-electron chi connectivity index (χ0n) is 10.5. The monoisotopic (exact) mass is 273 g/mol. The van der Waals surface area contributed by atoms with Gasteiger partial charge in [0.25, 0.3) is 11.8 Å². The van der Waals surface area contributed by atoms with Gasteiger partial charge >= 0.3 is 0 Å². The fourth-order valence-electron chi connectivity index (χ4n) is 2.29. The highest BCUT2D eigenvalue weighted by atomic mass is 19.2. The van der Waals surface area contributed by atoms with Crippen LogP contribution >= 0.6 is 0 Å². The molecule has 100 valence electrons. The van der Waals surface area contributed by atoms with Crippen molar-refractivity contribution in [3.05, 3.63) is 64.7 Å². The summed E-state index contributed by atoms with van der Waals surface area (Å²) in [4.78, 5) is 25.4. The van der Waals surface area contributed by atoms with Crippen LogP contribution in [-0.4, -0.2) is 11.8 Å². The first-order valence-corrected chi connectivity index (χ1v) is 5.95. The molecule has 0 bridgehead atoms. The minimum atomic E-state index is -1.06. The van der Waals surface area contributed by atoms with E-state index in [4.69, 9.17) is 0 Å². The summed E-state index contributed by atoms with van der Waals surface area (Å²) in [7, 11) is 0. The Morgan fingerprint density at radius 1 is 0.900 bits per heavy atom. The van der Waals surface area contributed by atoms with Crippen molar-refractivity contribution in [2.75, 3.05) is 4.90 Å². The Morgan fingerprint density at radius 3 is 2.00 bits per heavy atom. The Bertz CT molecular complexity index is 721. The first-order chi connectivity index (χ1) is 9.52. The lowest BCUT2D eigenvalue weighted by molar-refractivity contribution is 0.0926. The van der Waals surface area contributed by atoms with Crippen molar-refractivity contribution >= 4 is 17.5 Å². The predicted octanol–water partition coefficient (Wildman–Crippen LogP) is 3.07. The lowest BCUT2D eigenvalue weighted by Crippen LogP contribution is -2.30. The molecule has 0 aliphatic carbocycles. The molecule has 0 radical (unpaired) electrons. The van der Waals surface area contributed by atoms with Crippen LogP contribution in [0.4, 0.5) is 14.5 Å². The molecule has 3 rings (SSSR count). The third kappa shape index (κ3) is 1.56. The zero-order valence-corrected chi connectivity index (χ0v) is 10.5. The van der Waals surface area contributed by atoms with E-state index in [9.17, 15) is 18.4 Å². The molecule has 0 saturated heterocycles. The predicted molar refractivity (Wildman–Crippen MR) is 68.7 cm³/mol. The van der Waals surface area contributed by atoms with Crippen molar-refractivity contribution < 1.29 is 18.4 Å². The fourth-order valence-corrected chi connectivity index (χ4v) is 2.29. The molecule has 1 aliphatic rings. The molecule has 0 atom stereocenters. The van der Waals surface area contributed by atoms with Crippen LogP contribution in [0.5, 0.6) is 0 Å². The van der Waals surface area contributed by atoms with Gasteiger partial charge in [0.05, 0.1) is 16.8 Å². The van der Waals surface area contributed by atoms with Gasteiger partial charge in [0.1, 0.15) is 0 Å². The van der Waals surface area contributed by atoms with Crippen molar-refractivity contribution in [3.8, 4) is 0 Å². The first-order valence-electron chi connectivity index (χ1n) is 5.95. The van der Waals surface area contributed by atoms with Crippen molar-refractivity contribution in [2.45, 2.75) is 6.92 Å². The SMILES string of the molecule is Cc1c(N2C(=O)c3ccccc3C2=O)ccc(F)c1F. The molecule has 3 nitrogen and oxygen atoms in total. The topological polar surface area (TPSA) is 37.4 Å². The molecule has 0 spiro atoms. The van der Waals surface area contributed by atoms with Crippen molar-refractivity contribution in [1.29, 1.82) is 0 Å². The van der Waals surface area contributed by atoms with Gasteiger partial charge in [-0.1, -0.05) is 12.1 Å². The van der Waals surface area contributed by atoms with Gasteiger partial charge in [-0.05, 0) is 31.2 Å². The van der Waals surface area contributed by atoms with Crippen LogP contribution in [0.2, 0.25) is 0 Å². The molecule has 2 aromatic carbocycles. The number of carbonyl (C=O) groups is 2. The molecule has 1 aliphatic heterocycles. The van der Waals surface area contributed by atoms with Crippen LogP contribution in [0.15, 0.2) is 36.4 Å². The third-order valence-electron chi connectivity index (χ3n) is 3.35. The van der Waals surface area contributed by atoms with Gasteiger partial charge in [-0.25, -0.2) is 13.7 Å². The average Bonchev–Trinajstić information content (AvgIpc) is 2.70. The van der Waals surface area contributed by atoms with E-state index in [1.807, 2.05) is 0 Å². The number of carbonyl (C=O) groups excluding carboxylic acids is 2. The van der Waals surface area contributed by atoms with Gasteiger partial charge in [-0.15, -0.1) is 0 Å². The molecular formula is C15H9F2NO2. The smallest absolute Gasteiger partial charge is 0.266 e. The van der Waals surface area contributed by atoms with Gasteiger partial charge in [0.15, 0.2) is 11.6 Å². The number of rotatable bonds is 1.